The minimum atomic E-state index is -4.77. The zero-order valence-corrected chi connectivity index (χ0v) is 23.0. The topological polar surface area (TPSA) is 108 Å². The number of fused-ring (bicyclic) bond motifs is 2. The van der Waals surface area contributed by atoms with E-state index in [0.29, 0.717) is 5.56 Å². The maximum atomic E-state index is 14.2. The zero-order valence-electron chi connectivity index (χ0n) is 23.0. The minimum Gasteiger partial charge on any atom is -0.483 e. The van der Waals surface area contributed by atoms with E-state index in [1.54, 1.807) is 18.9 Å². The lowest BCUT2D eigenvalue weighted by Gasteiger charge is -2.31. The van der Waals surface area contributed by atoms with Crippen molar-refractivity contribution >= 4 is 5.97 Å². The number of aromatic carboxylic acids is 1. The molecule has 0 radical (unpaired) electrons. The smallest absolute Gasteiger partial charge is 0.483 e. The number of pyridine rings is 1. The average Bonchev–Trinajstić information content (AvgIpc) is 3.49. The lowest BCUT2D eigenvalue weighted by Crippen LogP contribution is -2.34. The predicted molar refractivity (Wildman–Crippen MR) is 141 cm³/mol. The van der Waals surface area contributed by atoms with Gasteiger partial charge in [-0.25, -0.2) is 14.5 Å². The van der Waals surface area contributed by atoms with E-state index in [0.717, 1.165) is 4.68 Å². The monoisotopic (exact) mass is 618 g/mol. The standard InChI is InChI=1S/C29H23F5N4O6/c1-15(17-5-8-21-22(11-17)44-29(33,34)43-21)41-24-12-18(9-10-35-24)38-25-20(26(36-38)28(30,31)32)13-37(2)14-23(25)42-19-6-3-16(4-7-19)27(39)40/h3-12,15,23H,13-14H2,1-2H3,(H,39,40)/t15-,23+/m0/s1. The number of carbonyl (C=O) groups is 1. The molecule has 6 rings (SSSR count). The van der Waals surface area contributed by atoms with Crippen molar-refractivity contribution in [2.45, 2.75) is 38.1 Å². The van der Waals surface area contributed by atoms with Gasteiger partial charge >= 0.3 is 18.4 Å². The van der Waals surface area contributed by atoms with Gasteiger partial charge in [-0.1, -0.05) is 6.07 Å². The number of ether oxygens (including phenoxy) is 4. The summed E-state index contributed by atoms with van der Waals surface area (Å²) < 4.78 is 91.5. The first-order valence-corrected chi connectivity index (χ1v) is 13.2. The molecule has 0 fully saturated rings. The number of benzene rings is 2. The Labute approximate surface area is 246 Å². The summed E-state index contributed by atoms with van der Waals surface area (Å²) in [6.45, 7) is 1.80. The fourth-order valence-corrected chi connectivity index (χ4v) is 5.07. The van der Waals surface area contributed by atoms with Crippen molar-refractivity contribution in [2.24, 2.45) is 0 Å². The summed E-state index contributed by atoms with van der Waals surface area (Å²) >= 11 is 0. The van der Waals surface area contributed by atoms with E-state index in [4.69, 9.17) is 9.47 Å². The number of likely N-dealkylation sites (N-methyl/N-ethyl adjacent to an activating group) is 1. The van der Waals surface area contributed by atoms with Gasteiger partial charge in [-0.3, -0.25) is 4.90 Å². The fraction of sp³-hybridized carbons (Fsp3) is 0.276. The molecule has 0 amide bonds. The van der Waals surface area contributed by atoms with Crippen molar-refractivity contribution in [3.05, 3.63) is 88.9 Å². The van der Waals surface area contributed by atoms with E-state index in [9.17, 15) is 31.9 Å². The molecule has 15 heteroatoms. The van der Waals surface area contributed by atoms with Gasteiger partial charge in [0.1, 0.15) is 11.9 Å². The molecule has 4 heterocycles. The first-order valence-electron chi connectivity index (χ1n) is 13.2. The van der Waals surface area contributed by atoms with Gasteiger partial charge in [-0.2, -0.15) is 18.3 Å². The lowest BCUT2D eigenvalue weighted by atomic mass is 10.0. The molecule has 0 saturated carbocycles. The molecule has 0 saturated heterocycles. The molecule has 2 aliphatic heterocycles. The number of nitrogens with zero attached hydrogens (tertiary/aromatic N) is 4. The zero-order chi connectivity index (χ0) is 31.4. The number of halogens is 5. The summed E-state index contributed by atoms with van der Waals surface area (Å²) in [4.78, 5) is 17.1. The molecule has 230 valence electrons. The Morgan fingerprint density at radius 2 is 1.82 bits per heavy atom. The molecule has 0 spiro atoms. The Balaban J connectivity index is 1.33. The molecule has 2 atom stereocenters. The highest BCUT2D eigenvalue weighted by atomic mass is 19.4. The molecule has 2 aliphatic rings. The first kappa shape index (κ1) is 29.2. The van der Waals surface area contributed by atoms with Crippen LogP contribution in [0.5, 0.6) is 23.1 Å². The van der Waals surface area contributed by atoms with E-state index in [1.807, 2.05) is 0 Å². The Kier molecular flexibility index (Phi) is 7.07. The first-order chi connectivity index (χ1) is 20.8. The van der Waals surface area contributed by atoms with Crippen molar-refractivity contribution in [3.8, 4) is 28.8 Å². The molecule has 0 aliphatic carbocycles. The molecule has 0 unspecified atom stereocenters. The van der Waals surface area contributed by atoms with E-state index >= 15 is 0 Å². The molecular formula is C29H23F5N4O6. The van der Waals surface area contributed by atoms with Crippen LogP contribution >= 0.6 is 0 Å². The van der Waals surface area contributed by atoms with Gasteiger partial charge in [0.25, 0.3) is 0 Å². The number of hydrogen-bond acceptors (Lipinski definition) is 8. The molecule has 2 aromatic heterocycles. The van der Waals surface area contributed by atoms with Crippen LogP contribution in [0.25, 0.3) is 5.69 Å². The maximum Gasteiger partial charge on any atom is 0.586 e. The summed E-state index contributed by atoms with van der Waals surface area (Å²) in [5, 5.41) is 13.1. The van der Waals surface area contributed by atoms with Gasteiger partial charge in [0.2, 0.25) is 5.88 Å². The van der Waals surface area contributed by atoms with Crippen LogP contribution < -0.4 is 18.9 Å². The highest BCUT2D eigenvalue weighted by Crippen LogP contribution is 2.43. The van der Waals surface area contributed by atoms with Gasteiger partial charge in [0.05, 0.1) is 16.9 Å². The Morgan fingerprint density at radius 1 is 1.09 bits per heavy atom. The predicted octanol–water partition coefficient (Wildman–Crippen LogP) is 6.01. The number of alkyl halides is 5. The summed E-state index contributed by atoms with van der Waals surface area (Å²) in [6, 6.07) is 12.6. The Hall–Kier alpha value is -4.92. The quantitative estimate of drug-likeness (QED) is 0.249. The minimum absolute atomic E-state index is 0.0282. The maximum absolute atomic E-state index is 14.2. The number of carboxylic acid groups (broad SMARTS) is 1. The van der Waals surface area contributed by atoms with Gasteiger partial charge in [0.15, 0.2) is 23.3 Å². The van der Waals surface area contributed by atoms with E-state index in [2.05, 4.69) is 19.6 Å². The summed E-state index contributed by atoms with van der Waals surface area (Å²) in [7, 11) is 1.65. The third kappa shape index (κ3) is 5.69. The second-order valence-corrected chi connectivity index (χ2v) is 10.2. The van der Waals surface area contributed by atoms with Crippen molar-refractivity contribution in [1.82, 2.24) is 19.7 Å². The van der Waals surface area contributed by atoms with Gasteiger partial charge in [-0.05, 0) is 62.0 Å². The van der Waals surface area contributed by atoms with Crippen LogP contribution in [0.15, 0.2) is 60.8 Å². The highest BCUT2D eigenvalue weighted by molar-refractivity contribution is 5.87. The van der Waals surface area contributed by atoms with Gasteiger partial charge in [-0.15, -0.1) is 8.78 Å². The number of rotatable bonds is 7. The Bertz CT molecular complexity index is 1730. The van der Waals surface area contributed by atoms with Gasteiger partial charge < -0.3 is 24.1 Å². The fourth-order valence-electron chi connectivity index (χ4n) is 5.07. The van der Waals surface area contributed by atoms with Crippen LogP contribution in [0.3, 0.4) is 0 Å². The summed E-state index contributed by atoms with van der Waals surface area (Å²) in [5.74, 6) is -1.13. The van der Waals surface area contributed by atoms with Crippen LogP contribution in [0.2, 0.25) is 0 Å². The molecular weight excluding hydrogens is 595 g/mol. The van der Waals surface area contributed by atoms with E-state index < -0.39 is 36.3 Å². The third-order valence-electron chi connectivity index (χ3n) is 7.04. The molecule has 4 aromatic rings. The molecule has 44 heavy (non-hydrogen) atoms. The molecule has 2 aromatic carbocycles. The average molecular weight is 619 g/mol. The SMILES string of the molecule is C[C@H](Oc1cc(-n2nc(C(F)(F)F)c3c2[C@H](Oc2ccc(C(=O)O)cc2)CN(C)C3)ccn1)c1ccc2c(c1)OC(F)(F)O2. The lowest BCUT2D eigenvalue weighted by molar-refractivity contribution is -0.286. The largest absolute Gasteiger partial charge is 0.586 e. The molecule has 0 bridgehead atoms. The Morgan fingerprint density at radius 3 is 2.52 bits per heavy atom. The normalized spacial score (nSPS) is 18.0. The molecule has 1 N–H and O–H groups in total. The van der Waals surface area contributed by atoms with Gasteiger partial charge in [0, 0.05) is 30.9 Å². The van der Waals surface area contributed by atoms with Crippen LogP contribution in [0.1, 0.15) is 52.0 Å². The van der Waals surface area contributed by atoms with Crippen molar-refractivity contribution in [3.63, 3.8) is 0 Å². The van der Waals surface area contributed by atoms with Crippen LogP contribution in [-0.2, 0) is 12.7 Å². The summed E-state index contributed by atoms with van der Waals surface area (Å²) in [5.41, 5.74) is -0.279. The number of carboxylic acids is 1. The number of hydrogen-bond donors (Lipinski definition) is 1. The van der Waals surface area contributed by atoms with E-state index in [-0.39, 0.29) is 58.7 Å². The van der Waals surface area contributed by atoms with Crippen molar-refractivity contribution < 1.29 is 50.8 Å². The second kappa shape index (κ2) is 10.7. The van der Waals surface area contributed by atoms with Crippen LogP contribution in [0, 0.1) is 0 Å². The number of aromatic nitrogens is 3. The van der Waals surface area contributed by atoms with Crippen molar-refractivity contribution in [2.75, 3.05) is 13.6 Å². The summed E-state index contributed by atoms with van der Waals surface area (Å²) in [6.07, 6.45) is -8.84. The van der Waals surface area contributed by atoms with Crippen LogP contribution in [0.4, 0.5) is 22.0 Å². The second-order valence-electron chi connectivity index (χ2n) is 10.2. The van der Waals surface area contributed by atoms with E-state index in [1.165, 1.54) is 60.8 Å². The van der Waals surface area contributed by atoms with Crippen molar-refractivity contribution in [1.29, 1.82) is 0 Å². The molecule has 10 nitrogen and oxygen atoms in total. The van der Waals surface area contributed by atoms with Crippen LogP contribution in [-0.4, -0.2) is 50.6 Å². The highest BCUT2D eigenvalue weighted by Gasteiger charge is 2.44. The third-order valence-corrected chi connectivity index (χ3v) is 7.04.